The average Bonchev–Trinajstić information content (AvgIpc) is 2.63. The Balaban J connectivity index is 2.39. The number of fused-ring (bicyclic) bond motifs is 1. The van der Waals surface area contributed by atoms with Gasteiger partial charge in [-0.2, -0.15) is 18.4 Å². The molecule has 1 aromatic heterocycles. The highest BCUT2D eigenvalue weighted by atomic mass is 19.4. The van der Waals surface area contributed by atoms with E-state index in [0.29, 0.717) is 27.6 Å². The number of pyridine rings is 1. The predicted molar refractivity (Wildman–Crippen MR) is 90.9 cm³/mol. The molecule has 0 atom stereocenters. The molecule has 0 N–H and O–H groups in total. The monoisotopic (exact) mass is 358 g/mol. The zero-order valence-electron chi connectivity index (χ0n) is 13.9. The van der Waals surface area contributed by atoms with Gasteiger partial charge in [0.1, 0.15) is 17.5 Å². The minimum atomic E-state index is -4.45. The number of rotatable bonds is 2. The first-order valence-corrected chi connectivity index (χ1v) is 7.56. The fourth-order valence-electron chi connectivity index (χ4n) is 2.87. The molecular formula is C19H13F3N2O2. The van der Waals surface area contributed by atoms with Crippen molar-refractivity contribution in [2.75, 3.05) is 7.11 Å². The van der Waals surface area contributed by atoms with Crippen LogP contribution in [0.4, 0.5) is 13.2 Å². The van der Waals surface area contributed by atoms with Gasteiger partial charge in [0.05, 0.1) is 12.7 Å². The second-order valence-corrected chi connectivity index (χ2v) is 5.69. The average molecular weight is 358 g/mol. The van der Waals surface area contributed by atoms with E-state index in [0.717, 1.165) is 12.1 Å². The first kappa shape index (κ1) is 17.5. The van der Waals surface area contributed by atoms with Gasteiger partial charge in [-0.15, -0.1) is 0 Å². The summed E-state index contributed by atoms with van der Waals surface area (Å²) in [6, 6.07) is 11.3. The van der Waals surface area contributed by atoms with Crippen LogP contribution in [-0.4, -0.2) is 11.7 Å². The van der Waals surface area contributed by atoms with Crippen molar-refractivity contribution < 1.29 is 17.9 Å². The fourth-order valence-corrected chi connectivity index (χ4v) is 2.87. The van der Waals surface area contributed by atoms with Crippen LogP contribution in [0.1, 0.15) is 11.3 Å². The van der Waals surface area contributed by atoms with Crippen molar-refractivity contribution in [2.45, 2.75) is 6.18 Å². The number of ether oxygens (including phenoxy) is 1. The van der Waals surface area contributed by atoms with Crippen molar-refractivity contribution in [2.24, 2.45) is 7.05 Å². The molecule has 26 heavy (non-hydrogen) atoms. The number of benzene rings is 2. The van der Waals surface area contributed by atoms with Gasteiger partial charge in [-0.25, -0.2) is 0 Å². The second-order valence-electron chi connectivity index (χ2n) is 5.69. The van der Waals surface area contributed by atoms with E-state index in [4.69, 9.17) is 4.74 Å². The molecule has 0 unspecified atom stereocenters. The molecule has 0 aliphatic heterocycles. The van der Waals surface area contributed by atoms with Crippen LogP contribution >= 0.6 is 0 Å². The minimum absolute atomic E-state index is 0.0653. The highest BCUT2D eigenvalue weighted by Gasteiger charge is 2.30. The van der Waals surface area contributed by atoms with E-state index in [1.165, 1.54) is 30.9 Å². The molecule has 0 amide bonds. The van der Waals surface area contributed by atoms with Gasteiger partial charge >= 0.3 is 6.18 Å². The van der Waals surface area contributed by atoms with E-state index in [9.17, 15) is 23.2 Å². The van der Waals surface area contributed by atoms with Gasteiger partial charge in [0, 0.05) is 23.4 Å². The standard InChI is InChI=1S/C19H13F3N2O2/c1-24-16(10-23)17(11-3-5-12(6-4-11)19(20,21)22)15-9-13(26-2)7-8-14(15)18(24)25/h3-9H,1-2H3. The Morgan fingerprint density at radius 2 is 1.73 bits per heavy atom. The molecule has 0 radical (unpaired) electrons. The minimum Gasteiger partial charge on any atom is -0.497 e. The molecular weight excluding hydrogens is 345 g/mol. The highest BCUT2D eigenvalue weighted by Crippen LogP contribution is 2.35. The Morgan fingerprint density at radius 3 is 2.27 bits per heavy atom. The lowest BCUT2D eigenvalue weighted by Crippen LogP contribution is -2.20. The molecule has 0 aliphatic rings. The quantitative estimate of drug-likeness (QED) is 0.693. The third kappa shape index (κ3) is 2.80. The predicted octanol–water partition coefficient (Wildman–Crippen LogP) is 4.10. The molecule has 4 nitrogen and oxygen atoms in total. The van der Waals surface area contributed by atoms with E-state index in [1.807, 2.05) is 6.07 Å². The number of hydrogen-bond donors (Lipinski definition) is 0. The number of nitrogens with zero attached hydrogens (tertiary/aromatic N) is 2. The number of aromatic nitrogens is 1. The number of hydrogen-bond acceptors (Lipinski definition) is 3. The molecule has 0 bridgehead atoms. The van der Waals surface area contributed by atoms with E-state index < -0.39 is 11.7 Å². The summed E-state index contributed by atoms with van der Waals surface area (Å²) in [7, 11) is 2.92. The van der Waals surface area contributed by atoms with Gasteiger partial charge in [-0.3, -0.25) is 4.79 Å². The van der Waals surface area contributed by atoms with Crippen LogP contribution in [0.2, 0.25) is 0 Å². The van der Waals surface area contributed by atoms with Crippen LogP contribution in [0.15, 0.2) is 47.3 Å². The smallest absolute Gasteiger partial charge is 0.416 e. The van der Waals surface area contributed by atoms with E-state index in [-0.39, 0.29) is 11.3 Å². The second kappa shape index (κ2) is 6.23. The molecule has 0 saturated heterocycles. The Hall–Kier alpha value is -3.27. The third-order valence-corrected chi connectivity index (χ3v) is 4.21. The third-order valence-electron chi connectivity index (χ3n) is 4.21. The van der Waals surface area contributed by atoms with Crippen molar-refractivity contribution in [3.05, 3.63) is 64.1 Å². The molecule has 0 spiro atoms. The summed E-state index contributed by atoms with van der Waals surface area (Å²) >= 11 is 0. The van der Waals surface area contributed by atoms with E-state index >= 15 is 0 Å². The van der Waals surface area contributed by atoms with Gasteiger partial charge in [-0.1, -0.05) is 12.1 Å². The molecule has 132 valence electrons. The van der Waals surface area contributed by atoms with Crippen LogP contribution in [0.5, 0.6) is 5.75 Å². The summed E-state index contributed by atoms with van der Waals surface area (Å²) in [5.74, 6) is 0.475. The lowest BCUT2D eigenvalue weighted by atomic mass is 9.96. The summed E-state index contributed by atoms with van der Waals surface area (Å²) in [5.41, 5.74) is -0.294. The molecule has 1 heterocycles. The van der Waals surface area contributed by atoms with Crippen LogP contribution in [0.3, 0.4) is 0 Å². The summed E-state index contributed by atoms with van der Waals surface area (Å²) in [5, 5.41) is 10.3. The van der Waals surface area contributed by atoms with Gasteiger partial charge in [0.25, 0.3) is 5.56 Å². The Bertz CT molecular complexity index is 1090. The highest BCUT2D eigenvalue weighted by molar-refractivity contribution is 5.99. The lowest BCUT2D eigenvalue weighted by molar-refractivity contribution is -0.137. The Kier molecular flexibility index (Phi) is 4.20. The number of methoxy groups -OCH3 is 1. The summed E-state index contributed by atoms with van der Waals surface area (Å²) in [4.78, 5) is 12.5. The number of alkyl halides is 3. The van der Waals surface area contributed by atoms with Crippen LogP contribution < -0.4 is 10.3 Å². The molecule has 7 heteroatoms. The topological polar surface area (TPSA) is 55.0 Å². The van der Waals surface area contributed by atoms with Crippen molar-refractivity contribution >= 4 is 10.8 Å². The number of halogens is 3. The van der Waals surface area contributed by atoms with Crippen molar-refractivity contribution in [1.29, 1.82) is 5.26 Å². The maximum Gasteiger partial charge on any atom is 0.416 e. The zero-order valence-corrected chi connectivity index (χ0v) is 13.9. The molecule has 3 rings (SSSR count). The first-order valence-electron chi connectivity index (χ1n) is 7.56. The molecule has 0 fully saturated rings. The number of nitriles is 1. The lowest BCUT2D eigenvalue weighted by Gasteiger charge is -2.14. The zero-order chi connectivity index (χ0) is 19.1. The first-order chi connectivity index (χ1) is 12.3. The van der Waals surface area contributed by atoms with Crippen LogP contribution in [-0.2, 0) is 13.2 Å². The summed E-state index contributed by atoms with van der Waals surface area (Å²) in [6.07, 6.45) is -4.45. The van der Waals surface area contributed by atoms with Gasteiger partial charge in [-0.05, 0) is 35.9 Å². The molecule has 2 aromatic carbocycles. The Labute approximate surface area is 146 Å². The summed E-state index contributed by atoms with van der Waals surface area (Å²) in [6.45, 7) is 0. The van der Waals surface area contributed by atoms with Crippen molar-refractivity contribution in [1.82, 2.24) is 4.57 Å². The van der Waals surface area contributed by atoms with Crippen LogP contribution in [0, 0.1) is 11.3 Å². The fraction of sp³-hybridized carbons (Fsp3) is 0.158. The van der Waals surface area contributed by atoms with Gasteiger partial charge in [0.2, 0.25) is 0 Å². The molecule has 3 aromatic rings. The maximum atomic E-state index is 12.8. The van der Waals surface area contributed by atoms with Crippen LogP contribution in [0.25, 0.3) is 21.9 Å². The van der Waals surface area contributed by atoms with Crippen molar-refractivity contribution in [3.63, 3.8) is 0 Å². The summed E-state index contributed by atoms with van der Waals surface area (Å²) < 4.78 is 44.8. The van der Waals surface area contributed by atoms with Gasteiger partial charge in [0.15, 0.2) is 0 Å². The van der Waals surface area contributed by atoms with Gasteiger partial charge < -0.3 is 9.30 Å². The Morgan fingerprint density at radius 1 is 1.08 bits per heavy atom. The largest absolute Gasteiger partial charge is 0.497 e. The maximum absolute atomic E-state index is 12.8. The molecule has 0 saturated carbocycles. The van der Waals surface area contributed by atoms with E-state index in [1.54, 1.807) is 18.2 Å². The SMILES string of the molecule is COc1ccc2c(=O)n(C)c(C#N)c(-c3ccc(C(F)(F)F)cc3)c2c1. The van der Waals surface area contributed by atoms with E-state index in [2.05, 4.69) is 0 Å². The van der Waals surface area contributed by atoms with Crippen molar-refractivity contribution in [3.8, 4) is 22.9 Å². The normalized spacial score (nSPS) is 11.4. The molecule has 0 aliphatic carbocycles.